The Morgan fingerprint density at radius 2 is 2.18 bits per heavy atom. The van der Waals surface area contributed by atoms with Crippen LogP contribution >= 0.6 is 0 Å². The van der Waals surface area contributed by atoms with E-state index in [-0.39, 0.29) is 11.1 Å². The second kappa shape index (κ2) is 4.04. The summed E-state index contributed by atoms with van der Waals surface area (Å²) in [5, 5.41) is 12.7. The Kier molecular flexibility index (Phi) is 2.70. The lowest BCUT2D eigenvalue weighted by atomic mass is 9.97. The molecule has 2 aromatic rings. The minimum Gasteiger partial charge on any atom is -0.344 e. The second-order valence-electron chi connectivity index (χ2n) is 4.65. The van der Waals surface area contributed by atoms with Crippen molar-refractivity contribution in [3.63, 3.8) is 0 Å². The van der Waals surface area contributed by atoms with Gasteiger partial charge in [-0.25, -0.2) is 9.89 Å². The molecule has 3 N–H and O–H groups in total. The van der Waals surface area contributed by atoms with Crippen LogP contribution in [-0.2, 0) is 12.0 Å². The Morgan fingerprint density at radius 3 is 2.71 bits per heavy atom. The summed E-state index contributed by atoms with van der Waals surface area (Å²) in [6.45, 7) is 6.27. The molecule has 8 nitrogen and oxygen atoms in total. The lowest BCUT2D eigenvalue weighted by molar-refractivity contribution is 0.321. The number of rotatable bonds is 3. The van der Waals surface area contributed by atoms with E-state index in [2.05, 4.69) is 30.6 Å². The summed E-state index contributed by atoms with van der Waals surface area (Å²) in [5.74, 6) is 1.41. The van der Waals surface area contributed by atoms with Gasteiger partial charge < -0.3 is 9.84 Å². The van der Waals surface area contributed by atoms with E-state index < -0.39 is 0 Å². The fraction of sp³-hybridized carbons (Fsp3) is 0.556. The number of hydrogen-bond donors (Lipinski definition) is 3. The predicted molar refractivity (Wildman–Crippen MR) is 59.5 cm³/mol. The molecule has 0 fully saturated rings. The van der Waals surface area contributed by atoms with Gasteiger partial charge in [-0.05, 0) is 5.16 Å². The Balaban J connectivity index is 2.00. The third kappa shape index (κ3) is 2.71. The summed E-state index contributed by atoms with van der Waals surface area (Å²) < 4.78 is 5.10. The van der Waals surface area contributed by atoms with E-state index in [4.69, 9.17) is 4.52 Å². The van der Waals surface area contributed by atoms with Crippen LogP contribution in [0.2, 0.25) is 0 Å². The van der Waals surface area contributed by atoms with Gasteiger partial charge in [-0.15, -0.1) is 0 Å². The number of nitrogens with zero attached hydrogens (tertiary/aromatic N) is 3. The molecule has 2 rings (SSSR count). The molecular formula is C9H14N6O2. The van der Waals surface area contributed by atoms with Crippen molar-refractivity contribution in [1.82, 2.24) is 25.3 Å². The summed E-state index contributed by atoms with van der Waals surface area (Å²) in [6.07, 6.45) is 0. The lowest BCUT2D eigenvalue weighted by Crippen LogP contribution is -2.11. The van der Waals surface area contributed by atoms with Crippen molar-refractivity contribution in [1.29, 1.82) is 0 Å². The Hall–Kier alpha value is -2.12. The minimum absolute atomic E-state index is 0.187. The highest BCUT2D eigenvalue weighted by atomic mass is 16.5. The van der Waals surface area contributed by atoms with Crippen molar-refractivity contribution in [3.8, 4) is 0 Å². The van der Waals surface area contributed by atoms with Gasteiger partial charge in [0, 0.05) is 5.41 Å². The zero-order valence-corrected chi connectivity index (χ0v) is 9.87. The monoisotopic (exact) mass is 238 g/mol. The average molecular weight is 238 g/mol. The van der Waals surface area contributed by atoms with Crippen LogP contribution in [-0.4, -0.2) is 25.3 Å². The van der Waals surface area contributed by atoms with E-state index in [0.717, 1.165) is 0 Å². The van der Waals surface area contributed by atoms with Crippen LogP contribution in [0.5, 0.6) is 0 Å². The quantitative estimate of drug-likeness (QED) is 0.713. The topological polar surface area (TPSA) is 112 Å². The first-order valence-electron chi connectivity index (χ1n) is 5.17. The van der Waals surface area contributed by atoms with Crippen LogP contribution in [0.15, 0.2) is 9.32 Å². The lowest BCUT2D eigenvalue weighted by Gasteiger charge is -2.10. The molecule has 0 spiro atoms. The molecule has 0 amide bonds. The molecule has 0 aliphatic heterocycles. The number of H-pyrrole nitrogens is 2. The molecule has 2 heterocycles. The van der Waals surface area contributed by atoms with E-state index in [1.807, 2.05) is 20.8 Å². The third-order valence-electron chi connectivity index (χ3n) is 2.03. The van der Waals surface area contributed by atoms with Crippen LogP contribution in [0, 0.1) is 0 Å². The van der Waals surface area contributed by atoms with Crippen LogP contribution < -0.4 is 11.0 Å². The molecule has 0 aromatic carbocycles. The third-order valence-corrected chi connectivity index (χ3v) is 2.03. The maximum absolute atomic E-state index is 10.8. The molecule has 0 bridgehead atoms. The minimum atomic E-state index is -0.342. The van der Waals surface area contributed by atoms with Crippen molar-refractivity contribution >= 4 is 5.95 Å². The van der Waals surface area contributed by atoms with Crippen molar-refractivity contribution < 1.29 is 4.52 Å². The Labute approximate surface area is 96.8 Å². The highest BCUT2D eigenvalue weighted by Gasteiger charge is 2.21. The van der Waals surface area contributed by atoms with Gasteiger partial charge in [0.05, 0.1) is 6.54 Å². The first-order chi connectivity index (χ1) is 7.95. The zero-order chi connectivity index (χ0) is 12.5. The molecule has 0 saturated heterocycles. The molecule has 0 aliphatic rings. The number of anilines is 1. The normalized spacial score (nSPS) is 11.7. The van der Waals surface area contributed by atoms with Crippen molar-refractivity contribution in [2.75, 3.05) is 5.32 Å². The highest BCUT2D eigenvalue weighted by molar-refractivity contribution is 5.23. The van der Waals surface area contributed by atoms with Gasteiger partial charge in [0.1, 0.15) is 5.82 Å². The standard InChI is InChI=1S/C9H14N6O2/c1-9(2,3)6-12-7(15-17-6)10-4-5-11-8(16)14-13-5/h4H2,1-3H3,(H,10,15)(H2,11,13,14,16). The zero-order valence-electron chi connectivity index (χ0n) is 9.87. The van der Waals surface area contributed by atoms with Gasteiger partial charge in [-0.2, -0.15) is 10.1 Å². The number of nitrogens with one attached hydrogen (secondary N) is 3. The van der Waals surface area contributed by atoms with Gasteiger partial charge >= 0.3 is 5.69 Å². The Bertz CT molecular complexity index is 546. The van der Waals surface area contributed by atoms with Gasteiger partial charge in [-0.3, -0.25) is 4.98 Å². The molecule has 92 valence electrons. The maximum atomic E-state index is 10.8. The van der Waals surface area contributed by atoms with E-state index >= 15 is 0 Å². The van der Waals surface area contributed by atoms with Crippen LogP contribution in [0.1, 0.15) is 32.5 Å². The van der Waals surface area contributed by atoms with E-state index in [9.17, 15) is 4.79 Å². The summed E-state index contributed by atoms with van der Waals surface area (Å²) in [5.41, 5.74) is -0.529. The number of aromatic amines is 2. The highest BCUT2D eigenvalue weighted by Crippen LogP contribution is 2.20. The van der Waals surface area contributed by atoms with E-state index in [0.29, 0.717) is 24.2 Å². The van der Waals surface area contributed by atoms with Crippen LogP contribution in [0.3, 0.4) is 0 Å². The molecule has 0 aliphatic carbocycles. The first-order valence-corrected chi connectivity index (χ1v) is 5.17. The van der Waals surface area contributed by atoms with E-state index in [1.165, 1.54) is 0 Å². The number of aromatic nitrogens is 5. The maximum Gasteiger partial charge on any atom is 0.340 e. The molecular weight excluding hydrogens is 224 g/mol. The molecule has 8 heteroatoms. The molecule has 0 radical (unpaired) electrons. The average Bonchev–Trinajstić information content (AvgIpc) is 2.82. The summed E-state index contributed by atoms with van der Waals surface area (Å²) in [4.78, 5) is 17.5. The van der Waals surface area contributed by atoms with Gasteiger partial charge in [0.25, 0.3) is 5.95 Å². The smallest absolute Gasteiger partial charge is 0.340 e. The van der Waals surface area contributed by atoms with Gasteiger partial charge in [0.15, 0.2) is 0 Å². The predicted octanol–water partition coefficient (Wildman–Crippen LogP) is 0.391. The Morgan fingerprint density at radius 1 is 1.41 bits per heavy atom. The molecule has 0 unspecified atom stereocenters. The summed E-state index contributed by atoms with van der Waals surface area (Å²) >= 11 is 0. The van der Waals surface area contributed by atoms with Crippen molar-refractivity contribution in [2.24, 2.45) is 0 Å². The molecule has 2 aromatic heterocycles. The summed E-state index contributed by atoms with van der Waals surface area (Å²) in [6, 6.07) is 0. The fourth-order valence-corrected chi connectivity index (χ4v) is 1.15. The molecule has 17 heavy (non-hydrogen) atoms. The van der Waals surface area contributed by atoms with Gasteiger partial charge in [0.2, 0.25) is 5.89 Å². The largest absolute Gasteiger partial charge is 0.344 e. The fourth-order valence-electron chi connectivity index (χ4n) is 1.15. The van der Waals surface area contributed by atoms with Crippen molar-refractivity contribution in [3.05, 3.63) is 22.2 Å². The van der Waals surface area contributed by atoms with Crippen molar-refractivity contribution in [2.45, 2.75) is 32.7 Å². The van der Waals surface area contributed by atoms with Gasteiger partial charge in [-0.1, -0.05) is 20.8 Å². The first kappa shape index (κ1) is 11.4. The second-order valence-corrected chi connectivity index (χ2v) is 4.65. The molecule has 0 atom stereocenters. The van der Waals surface area contributed by atoms with Crippen LogP contribution in [0.25, 0.3) is 0 Å². The molecule has 0 saturated carbocycles. The number of hydrogen-bond acceptors (Lipinski definition) is 6. The van der Waals surface area contributed by atoms with Crippen LogP contribution in [0.4, 0.5) is 5.95 Å². The van der Waals surface area contributed by atoms with E-state index in [1.54, 1.807) is 0 Å². The summed E-state index contributed by atoms with van der Waals surface area (Å²) in [7, 11) is 0. The SMILES string of the molecule is CC(C)(C)c1nc(NCc2n[nH]c(=O)[nH]2)no1.